The van der Waals surface area contributed by atoms with Crippen LogP contribution in [0, 0.1) is 0 Å². The van der Waals surface area contributed by atoms with E-state index < -0.39 is 5.97 Å². The van der Waals surface area contributed by atoms with Gasteiger partial charge in [0, 0.05) is 13.6 Å². The Morgan fingerprint density at radius 2 is 2.20 bits per heavy atom. The van der Waals surface area contributed by atoms with Gasteiger partial charge in [-0.25, -0.2) is 4.79 Å². The van der Waals surface area contributed by atoms with Crippen molar-refractivity contribution in [3.8, 4) is 5.75 Å². The first-order valence-corrected chi connectivity index (χ1v) is 6.53. The third-order valence-electron chi connectivity index (χ3n) is 3.55. The van der Waals surface area contributed by atoms with Gasteiger partial charge in [-0.3, -0.25) is 4.79 Å². The molecule has 2 amide bonds. The summed E-state index contributed by atoms with van der Waals surface area (Å²) in [6.45, 7) is 0.167. The third-order valence-corrected chi connectivity index (χ3v) is 3.55. The Morgan fingerprint density at radius 3 is 2.90 bits per heavy atom. The number of urea groups is 1. The maximum atomic E-state index is 12.0. The molecule has 0 saturated carbocycles. The van der Waals surface area contributed by atoms with Crippen molar-refractivity contribution >= 4 is 12.0 Å². The van der Waals surface area contributed by atoms with E-state index in [0.29, 0.717) is 0 Å². The van der Waals surface area contributed by atoms with Gasteiger partial charge in [-0.2, -0.15) is 0 Å². The SMILES string of the molecule is CN(CCC(=O)O)C(=O)NC1CCc2c(O)cccc21. The lowest BCUT2D eigenvalue weighted by Crippen LogP contribution is -2.39. The average Bonchev–Trinajstić information content (AvgIpc) is 2.80. The van der Waals surface area contributed by atoms with Gasteiger partial charge in [-0.1, -0.05) is 12.1 Å². The van der Waals surface area contributed by atoms with Gasteiger partial charge in [0.2, 0.25) is 0 Å². The van der Waals surface area contributed by atoms with E-state index in [0.717, 1.165) is 24.0 Å². The van der Waals surface area contributed by atoms with Crippen LogP contribution < -0.4 is 5.32 Å². The lowest BCUT2D eigenvalue weighted by Gasteiger charge is -2.21. The summed E-state index contributed by atoms with van der Waals surface area (Å²) < 4.78 is 0. The molecular formula is C14H18N2O4. The van der Waals surface area contributed by atoms with Crippen LogP contribution in [0.25, 0.3) is 0 Å². The van der Waals surface area contributed by atoms with Crippen LogP contribution in [-0.4, -0.2) is 40.7 Å². The molecule has 6 nitrogen and oxygen atoms in total. The molecule has 0 aromatic heterocycles. The second-order valence-corrected chi connectivity index (χ2v) is 4.95. The van der Waals surface area contributed by atoms with Gasteiger partial charge in [0.05, 0.1) is 12.5 Å². The summed E-state index contributed by atoms with van der Waals surface area (Å²) in [6.07, 6.45) is 1.39. The Kier molecular flexibility index (Phi) is 4.12. The minimum Gasteiger partial charge on any atom is -0.508 e. The summed E-state index contributed by atoms with van der Waals surface area (Å²) in [7, 11) is 1.57. The van der Waals surface area contributed by atoms with E-state index in [9.17, 15) is 14.7 Å². The summed E-state index contributed by atoms with van der Waals surface area (Å²) in [4.78, 5) is 23.8. The van der Waals surface area contributed by atoms with Crippen molar-refractivity contribution in [3.05, 3.63) is 29.3 Å². The zero-order valence-corrected chi connectivity index (χ0v) is 11.3. The standard InChI is InChI=1S/C14H18N2O4/c1-16(8-7-13(18)19)14(20)15-11-6-5-10-9(11)3-2-4-12(10)17/h2-4,11,17H,5-8H2,1H3,(H,15,20)(H,18,19). The topological polar surface area (TPSA) is 89.9 Å². The van der Waals surface area contributed by atoms with E-state index in [1.165, 1.54) is 4.90 Å². The number of amides is 2. The van der Waals surface area contributed by atoms with Gasteiger partial charge >= 0.3 is 12.0 Å². The predicted octanol–water partition coefficient (Wildman–Crippen LogP) is 1.50. The van der Waals surface area contributed by atoms with Gasteiger partial charge in [0.1, 0.15) is 5.75 Å². The maximum Gasteiger partial charge on any atom is 0.317 e. The zero-order chi connectivity index (χ0) is 14.7. The van der Waals surface area contributed by atoms with Crippen molar-refractivity contribution in [2.45, 2.75) is 25.3 Å². The van der Waals surface area contributed by atoms with Crippen molar-refractivity contribution in [1.29, 1.82) is 0 Å². The largest absolute Gasteiger partial charge is 0.508 e. The van der Waals surface area contributed by atoms with Crippen LogP contribution in [0.15, 0.2) is 18.2 Å². The van der Waals surface area contributed by atoms with Gasteiger partial charge in [0.25, 0.3) is 0 Å². The number of benzene rings is 1. The number of fused-ring (bicyclic) bond motifs is 1. The maximum absolute atomic E-state index is 12.0. The lowest BCUT2D eigenvalue weighted by molar-refractivity contribution is -0.137. The minimum atomic E-state index is -0.930. The van der Waals surface area contributed by atoms with Crippen molar-refractivity contribution in [2.24, 2.45) is 0 Å². The number of carboxylic acids is 1. The summed E-state index contributed by atoms with van der Waals surface area (Å²) in [5, 5.41) is 21.2. The molecule has 20 heavy (non-hydrogen) atoms. The van der Waals surface area contributed by atoms with Gasteiger partial charge < -0.3 is 20.4 Å². The van der Waals surface area contributed by atoms with Crippen molar-refractivity contribution < 1.29 is 19.8 Å². The summed E-state index contributed by atoms with van der Waals surface area (Å²) >= 11 is 0. The first-order valence-electron chi connectivity index (χ1n) is 6.53. The normalized spacial score (nSPS) is 16.6. The molecule has 1 unspecified atom stereocenters. The van der Waals surface area contributed by atoms with Crippen LogP contribution in [0.3, 0.4) is 0 Å². The molecule has 6 heteroatoms. The Labute approximate surface area is 117 Å². The number of nitrogens with one attached hydrogen (secondary N) is 1. The van der Waals surface area contributed by atoms with Gasteiger partial charge in [-0.05, 0) is 30.0 Å². The van der Waals surface area contributed by atoms with Crippen molar-refractivity contribution in [3.63, 3.8) is 0 Å². The number of aromatic hydroxyl groups is 1. The Balaban J connectivity index is 1.97. The number of carbonyl (C=O) groups excluding carboxylic acids is 1. The van der Waals surface area contributed by atoms with Crippen LogP contribution in [-0.2, 0) is 11.2 Å². The van der Waals surface area contributed by atoms with E-state index >= 15 is 0 Å². The monoisotopic (exact) mass is 278 g/mol. The number of phenolic OH excluding ortho intramolecular Hbond substituents is 1. The fraction of sp³-hybridized carbons (Fsp3) is 0.429. The molecule has 1 aliphatic carbocycles. The highest BCUT2D eigenvalue weighted by Gasteiger charge is 2.26. The number of hydrogen-bond acceptors (Lipinski definition) is 3. The number of rotatable bonds is 4. The van der Waals surface area contributed by atoms with Gasteiger partial charge in [0.15, 0.2) is 0 Å². The third kappa shape index (κ3) is 3.01. The molecule has 2 rings (SSSR count). The molecule has 1 atom stereocenters. The first kappa shape index (κ1) is 14.2. The Hall–Kier alpha value is -2.24. The predicted molar refractivity (Wildman–Crippen MR) is 72.6 cm³/mol. The van der Waals surface area contributed by atoms with Crippen LogP contribution in [0.1, 0.15) is 30.0 Å². The molecule has 0 heterocycles. The molecule has 1 aromatic rings. The Morgan fingerprint density at radius 1 is 1.45 bits per heavy atom. The lowest BCUT2D eigenvalue weighted by atomic mass is 10.1. The molecule has 0 radical (unpaired) electrons. The van der Waals surface area contributed by atoms with E-state index in [1.54, 1.807) is 19.2 Å². The fourth-order valence-corrected chi connectivity index (χ4v) is 2.41. The summed E-state index contributed by atoms with van der Waals surface area (Å²) in [5.41, 5.74) is 1.82. The van der Waals surface area contributed by atoms with E-state index in [1.807, 2.05) is 6.07 Å². The smallest absolute Gasteiger partial charge is 0.317 e. The second-order valence-electron chi connectivity index (χ2n) is 4.95. The minimum absolute atomic E-state index is 0.0774. The highest BCUT2D eigenvalue weighted by atomic mass is 16.4. The molecule has 0 bridgehead atoms. The average molecular weight is 278 g/mol. The molecule has 1 aliphatic rings. The Bertz CT molecular complexity index is 530. The molecule has 0 aliphatic heterocycles. The number of carbonyl (C=O) groups is 2. The number of hydrogen-bond donors (Lipinski definition) is 3. The number of phenols is 1. The van der Waals surface area contributed by atoms with Crippen LogP contribution in [0.4, 0.5) is 4.79 Å². The molecular weight excluding hydrogens is 260 g/mol. The highest BCUT2D eigenvalue weighted by molar-refractivity contribution is 5.75. The van der Waals surface area contributed by atoms with E-state index in [2.05, 4.69) is 5.32 Å². The molecule has 1 aromatic carbocycles. The van der Waals surface area contributed by atoms with Crippen molar-refractivity contribution in [2.75, 3.05) is 13.6 Å². The molecule has 3 N–H and O–H groups in total. The summed E-state index contributed by atoms with van der Waals surface area (Å²) in [5.74, 6) is -0.667. The van der Waals surface area contributed by atoms with Crippen molar-refractivity contribution in [1.82, 2.24) is 10.2 Å². The first-order chi connectivity index (χ1) is 9.49. The number of nitrogens with zero attached hydrogens (tertiary/aromatic N) is 1. The van der Waals surface area contributed by atoms with Crippen LogP contribution in [0.2, 0.25) is 0 Å². The zero-order valence-electron chi connectivity index (χ0n) is 11.3. The van der Waals surface area contributed by atoms with E-state index in [-0.39, 0.29) is 30.8 Å². The number of aliphatic carboxylic acids is 1. The quantitative estimate of drug-likeness (QED) is 0.778. The van der Waals surface area contributed by atoms with Gasteiger partial charge in [-0.15, -0.1) is 0 Å². The number of carboxylic acid groups (broad SMARTS) is 1. The van der Waals surface area contributed by atoms with E-state index in [4.69, 9.17) is 5.11 Å². The molecule has 0 spiro atoms. The molecule has 0 saturated heterocycles. The fourth-order valence-electron chi connectivity index (χ4n) is 2.41. The van der Waals surface area contributed by atoms with Crippen LogP contribution in [0.5, 0.6) is 5.75 Å². The summed E-state index contributed by atoms with van der Waals surface area (Å²) in [6, 6.07) is 4.86. The van der Waals surface area contributed by atoms with Crippen LogP contribution >= 0.6 is 0 Å². The molecule has 108 valence electrons. The second kappa shape index (κ2) is 5.81. The highest BCUT2D eigenvalue weighted by Crippen LogP contribution is 2.36. The molecule has 0 fully saturated rings.